The van der Waals surface area contributed by atoms with Gasteiger partial charge in [0.25, 0.3) is 5.89 Å². The Morgan fingerprint density at radius 1 is 1.33 bits per heavy atom. The van der Waals surface area contributed by atoms with Gasteiger partial charge in [-0.1, -0.05) is 19.0 Å². The van der Waals surface area contributed by atoms with Crippen molar-refractivity contribution in [1.82, 2.24) is 20.4 Å². The molecule has 27 heavy (non-hydrogen) atoms. The fourth-order valence-electron chi connectivity index (χ4n) is 3.68. The number of likely N-dealkylation sites (tertiary alicyclic amines) is 1. The van der Waals surface area contributed by atoms with Crippen LogP contribution in [0.25, 0.3) is 11.5 Å². The number of aromatic nitrogens is 2. The zero-order valence-electron chi connectivity index (χ0n) is 15.4. The van der Waals surface area contributed by atoms with Crippen molar-refractivity contribution < 1.29 is 14.1 Å². The molecule has 0 aliphatic carbocycles. The summed E-state index contributed by atoms with van der Waals surface area (Å²) >= 11 is 0. The smallest absolute Gasteiger partial charge is 0.322 e. The number of hydrogen-bond donors (Lipinski definition) is 2. The first-order chi connectivity index (χ1) is 13.0. The fraction of sp³-hybridized carbons (Fsp3) is 0.474. The number of nitrogens with one attached hydrogen (secondary N) is 2. The Balaban J connectivity index is 1.43. The van der Waals surface area contributed by atoms with Crippen LogP contribution in [0.2, 0.25) is 0 Å². The third kappa shape index (κ3) is 3.39. The van der Waals surface area contributed by atoms with Crippen LogP contribution in [0.15, 0.2) is 28.8 Å². The molecule has 8 nitrogen and oxygen atoms in total. The maximum atomic E-state index is 12.7. The van der Waals surface area contributed by atoms with Crippen LogP contribution in [0.4, 0.5) is 10.5 Å². The highest BCUT2D eigenvalue weighted by atomic mass is 16.5. The number of carbonyl (C=O) groups excluding carboxylic acids is 2. The van der Waals surface area contributed by atoms with Gasteiger partial charge >= 0.3 is 6.03 Å². The van der Waals surface area contributed by atoms with E-state index < -0.39 is 0 Å². The number of hydrogen-bond acceptors (Lipinski definition) is 5. The molecule has 1 aromatic carbocycles. The SMILES string of the molecule is CC(C)c1noc(-c2ccc(NC(=O)N3CCCC4C(=O)NCC43)cc2)n1. The first kappa shape index (κ1) is 17.5. The number of fused-ring (bicyclic) bond motifs is 1. The molecule has 2 atom stereocenters. The Hall–Kier alpha value is -2.90. The van der Waals surface area contributed by atoms with E-state index in [2.05, 4.69) is 20.8 Å². The summed E-state index contributed by atoms with van der Waals surface area (Å²) in [5.41, 5.74) is 1.49. The highest BCUT2D eigenvalue weighted by Crippen LogP contribution is 2.28. The molecule has 142 valence electrons. The molecule has 2 aromatic rings. The first-order valence-electron chi connectivity index (χ1n) is 9.32. The van der Waals surface area contributed by atoms with Crippen LogP contribution in [0.5, 0.6) is 0 Å². The van der Waals surface area contributed by atoms with Gasteiger partial charge in [0.2, 0.25) is 5.91 Å². The van der Waals surface area contributed by atoms with Crippen molar-refractivity contribution >= 4 is 17.6 Å². The zero-order valence-corrected chi connectivity index (χ0v) is 15.4. The maximum absolute atomic E-state index is 12.7. The summed E-state index contributed by atoms with van der Waals surface area (Å²) in [6.07, 6.45) is 1.69. The van der Waals surface area contributed by atoms with Crippen LogP contribution < -0.4 is 10.6 Å². The molecule has 0 saturated carbocycles. The molecule has 2 unspecified atom stereocenters. The lowest BCUT2D eigenvalue weighted by Crippen LogP contribution is -2.50. The second-order valence-corrected chi connectivity index (χ2v) is 7.37. The predicted molar refractivity (Wildman–Crippen MR) is 99.1 cm³/mol. The van der Waals surface area contributed by atoms with Crippen molar-refractivity contribution in [3.05, 3.63) is 30.1 Å². The standard InChI is InChI=1S/C19H23N5O3/c1-11(2)16-22-18(27-23-16)12-5-7-13(8-6-12)21-19(26)24-9-3-4-14-15(24)10-20-17(14)25/h5-8,11,14-15H,3-4,9-10H2,1-2H3,(H,20,25)(H,21,26). The van der Waals surface area contributed by atoms with Crippen LogP contribution >= 0.6 is 0 Å². The molecular formula is C19H23N5O3. The Bertz CT molecular complexity index is 845. The number of nitrogens with zero attached hydrogens (tertiary/aromatic N) is 3. The number of urea groups is 1. The molecule has 1 aromatic heterocycles. The molecule has 3 amide bonds. The third-order valence-corrected chi connectivity index (χ3v) is 5.20. The minimum absolute atomic E-state index is 0.0571. The lowest BCUT2D eigenvalue weighted by molar-refractivity contribution is -0.123. The number of piperidine rings is 1. The molecule has 2 saturated heterocycles. The highest BCUT2D eigenvalue weighted by Gasteiger charge is 2.42. The monoisotopic (exact) mass is 369 g/mol. The van der Waals surface area contributed by atoms with Crippen molar-refractivity contribution in [1.29, 1.82) is 0 Å². The lowest BCUT2D eigenvalue weighted by atomic mass is 9.92. The Morgan fingerprint density at radius 3 is 2.81 bits per heavy atom. The van der Waals surface area contributed by atoms with Crippen LogP contribution in [-0.4, -0.2) is 46.1 Å². The average Bonchev–Trinajstić information content (AvgIpc) is 3.30. The van der Waals surface area contributed by atoms with Gasteiger partial charge in [0.05, 0.1) is 12.0 Å². The van der Waals surface area contributed by atoms with E-state index in [4.69, 9.17) is 4.52 Å². The number of amides is 3. The van der Waals surface area contributed by atoms with Gasteiger partial charge in [-0.25, -0.2) is 4.79 Å². The minimum atomic E-state index is -0.172. The Labute approximate surface area is 157 Å². The molecule has 0 spiro atoms. The second kappa shape index (κ2) is 7.02. The minimum Gasteiger partial charge on any atom is -0.354 e. The molecule has 0 bridgehead atoms. The average molecular weight is 369 g/mol. The maximum Gasteiger partial charge on any atom is 0.322 e. The molecule has 8 heteroatoms. The van der Waals surface area contributed by atoms with E-state index in [0.717, 1.165) is 18.4 Å². The Kier molecular flexibility index (Phi) is 4.55. The van der Waals surface area contributed by atoms with Gasteiger partial charge in [-0.2, -0.15) is 4.98 Å². The summed E-state index contributed by atoms with van der Waals surface area (Å²) in [4.78, 5) is 30.7. The van der Waals surface area contributed by atoms with E-state index in [1.165, 1.54) is 0 Å². The second-order valence-electron chi connectivity index (χ2n) is 7.37. The quantitative estimate of drug-likeness (QED) is 0.866. The number of benzene rings is 1. The first-order valence-corrected chi connectivity index (χ1v) is 9.32. The van der Waals surface area contributed by atoms with Gasteiger partial charge in [0, 0.05) is 30.3 Å². The van der Waals surface area contributed by atoms with Crippen molar-refractivity contribution in [2.24, 2.45) is 5.92 Å². The summed E-state index contributed by atoms with van der Waals surface area (Å²) in [5.74, 6) is 1.31. The van der Waals surface area contributed by atoms with Crippen LogP contribution in [0.3, 0.4) is 0 Å². The van der Waals surface area contributed by atoms with E-state index >= 15 is 0 Å². The van der Waals surface area contributed by atoms with E-state index in [0.29, 0.717) is 30.5 Å². The lowest BCUT2D eigenvalue weighted by Gasteiger charge is -2.35. The largest absolute Gasteiger partial charge is 0.354 e. The molecule has 3 heterocycles. The van der Waals surface area contributed by atoms with Gasteiger partial charge in [0.1, 0.15) is 0 Å². The van der Waals surface area contributed by atoms with Gasteiger partial charge in [-0.3, -0.25) is 4.79 Å². The summed E-state index contributed by atoms with van der Waals surface area (Å²) in [5, 5.41) is 9.75. The van der Waals surface area contributed by atoms with E-state index in [1.807, 2.05) is 38.1 Å². The van der Waals surface area contributed by atoms with Crippen molar-refractivity contribution in [2.45, 2.75) is 38.6 Å². The van der Waals surface area contributed by atoms with Crippen LogP contribution in [-0.2, 0) is 4.79 Å². The van der Waals surface area contributed by atoms with Crippen molar-refractivity contribution in [3.63, 3.8) is 0 Å². The predicted octanol–water partition coefficient (Wildman–Crippen LogP) is 2.60. The van der Waals surface area contributed by atoms with Crippen molar-refractivity contribution in [2.75, 3.05) is 18.4 Å². The molecule has 2 aliphatic rings. The molecule has 2 aliphatic heterocycles. The molecule has 2 N–H and O–H groups in total. The summed E-state index contributed by atoms with van der Waals surface area (Å²) in [7, 11) is 0. The summed E-state index contributed by atoms with van der Waals surface area (Å²) in [6, 6.07) is 7.07. The molecular weight excluding hydrogens is 346 g/mol. The Morgan fingerprint density at radius 2 is 2.11 bits per heavy atom. The highest BCUT2D eigenvalue weighted by molar-refractivity contribution is 5.91. The van der Waals surface area contributed by atoms with E-state index in [9.17, 15) is 9.59 Å². The fourth-order valence-corrected chi connectivity index (χ4v) is 3.68. The van der Waals surface area contributed by atoms with E-state index in [1.54, 1.807) is 4.90 Å². The topological polar surface area (TPSA) is 100 Å². The molecule has 2 fully saturated rings. The molecule has 0 radical (unpaired) electrons. The summed E-state index contributed by atoms with van der Waals surface area (Å²) in [6.45, 7) is 5.21. The van der Waals surface area contributed by atoms with Gasteiger partial charge < -0.3 is 20.1 Å². The van der Waals surface area contributed by atoms with Gasteiger partial charge in [0.15, 0.2) is 5.82 Å². The summed E-state index contributed by atoms with van der Waals surface area (Å²) < 4.78 is 5.29. The van der Waals surface area contributed by atoms with E-state index in [-0.39, 0.29) is 29.8 Å². The van der Waals surface area contributed by atoms with Crippen LogP contribution in [0, 0.1) is 5.92 Å². The van der Waals surface area contributed by atoms with Gasteiger partial charge in [-0.15, -0.1) is 0 Å². The number of rotatable bonds is 3. The van der Waals surface area contributed by atoms with Gasteiger partial charge in [-0.05, 0) is 37.1 Å². The van der Waals surface area contributed by atoms with Crippen LogP contribution in [0.1, 0.15) is 38.4 Å². The normalized spacial score (nSPS) is 21.9. The zero-order chi connectivity index (χ0) is 19.0. The number of anilines is 1. The third-order valence-electron chi connectivity index (χ3n) is 5.20. The number of carbonyl (C=O) groups is 2. The van der Waals surface area contributed by atoms with Crippen molar-refractivity contribution in [3.8, 4) is 11.5 Å². The molecule has 4 rings (SSSR count).